The molecule has 0 fully saturated rings. The van der Waals surface area contributed by atoms with Crippen LogP contribution in [0.5, 0.6) is 0 Å². The Morgan fingerprint density at radius 1 is 0.750 bits per heavy atom. The van der Waals surface area contributed by atoms with Gasteiger partial charge in [-0.2, -0.15) is 13.2 Å². The van der Waals surface area contributed by atoms with Gasteiger partial charge >= 0.3 is 6.18 Å². The molecule has 24 heavy (non-hydrogen) atoms. The number of hydrazine groups is 1. The lowest BCUT2D eigenvalue weighted by molar-refractivity contribution is -0.137. The van der Waals surface area contributed by atoms with Gasteiger partial charge in [-0.05, 0) is 17.7 Å². The van der Waals surface area contributed by atoms with Crippen LogP contribution in [0.4, 0.5) is 17.6 Å². The first-order valence-electron chi connectivity index (χ1n) is 6.98. The number of nitrogens with one attached hydrogen (secondary N) is 2. The molecule has 0 saturated carbocycles. The molecule has 1 aliphatic rings. The van der Waals surface area contributed by atoms with Gasteiger partial charge in [0.25, 0.3) is 0 Å². The first kappa shape index (κ1) is 16.0. The smallest absolute Gasteiger partial charge is 0.281 e. The molecular weight excluding hydrogens is 324 g/mol. The summed E-state index contributed by atoms with van der Waals surface area (Å²) in [6.45, 7) is -0.547. The minimum atomic E-state index is -4.38. The Bertz CT molecular complexity index is 777. The molecule has 3 rings (SSSR count). The van der Waals surface area contributed by atoms with Crippen molar-refractivity contribution < 1.29 is 17.6 Å². The molecule has 124 valence electrons. The summed E-state index contributed by atoms with van der Waals surface area (Å²) in [4.78, 5) is 0. The normalized spacial score (nSPS) is 14.3. The van der Waals surface area contributed by atoms with Crippen LogP contribution in [0.2, 0.25) is 0 Å². The highest BCUT2D eigenvalue weighted by atomic mass is 19.4. The van der Waals surface area contributed by atoms with E-state index in [0.717, 1.165) is 12.1 Å². The second-order valence-corrected chi connectivity index (χ2v) is 5.05. The molecule has 8 heteroatoms. The van der Waals surface area contributed by atoms with Gasteiger partial charge in [-0.1, -0.05) is 36.4 Å². The summed E-state index contributed by atoms with van der Waals surface area (Å²) >= 11 is 0. The van der Waals surface area contributed by atoms with Gasteiger partial charge in [0.1, 0.15) is 6.67 Å². The highest BCUT2D eigenvalue weighted by molar-refractivity contribution is 6.06. The predicted molar refractivity (Wildman–Crippen MR) is 82.0 cm³/mol. The highest BCUT2D eigenvalue weighted by Gasteiger charge is 2.30. The first-order valence-corrected chi connectivity index (χ1v) is 6.98. The maximum Gasteiger partial charge on any atom is 0.416 e. The van der Waals surface area contributed by atoms with E-state index in [2.05, 4.69) is 21.1 Å². The molecule has 0 aromatic heterocycles. The Morgan fingerprint density at radius 2 is 1.21 bits per heavy atom. The lowest BCUT2D eigenvalue weighted by Gasteiger charge is -2.17. The molecule has 0 radical (unpaired) electrons. The summed E-state index contributed by atoms with van der Waals surface area (Å²) in [5.74, 6) is 0.726. The van der Waals surface area contributed by atoms with E-state index in [1.807, 2.05) is 0 Å². The topological polar surface area (TPSA) is 48.8 Å². The number of halogens is 4. The van der Waals surface area contributed by atoms with E-state index in [1.165, 1.54) is 12.1 Å². The van der Waals surface area contributed by atoms with Crippen LogP contribution in [0.1, 0.15) is 22.3 Å². The minimum Gasteiger partial charge on any atom is -0.281 e. The van der Waals surface area contributed by atoms with E-state index in [0.29, 0.717) is 28.4 Å². The van der Waals surface area contributed by atoms with Crippen LogP contribution in [-0.4, -0.2) is 11.7 Å². The van der Waals surface area contributed by atoms with Crippen molar-refractivity contribution in [3.05, 3.63) is 70.8 Å². The fourth-order valence-electron chi connectivity index (χ4n) is 2.10. The molecule has 0 aliphatic carbocycles. The molecule has 1 aliphatic heterocycles. The number of rotatable bonds is 3. The van der Waals surface area contributed by atoms with Gasteiger partial charge in [-0.25, -0.2) is 4.39 Å². The molecule has 0 bridgehead atoms. The first-order chi connectivity index (χ1) is 11.5. The molecule has 4 nitrogen and oxygen atoms in total. The molecule has 0 saturated heterocycles. The van der Waals surface area contributed by atoms with Crippen LogP contribution in [-0.2, 0) is 12.9 Å². The zero-order valence-electron chi connectivity index (χ0n) is 12.2. The average molecular weight is 336 g/mol. The van der Waals surface area contributed by atoms with E-state index in [4.69, 9.17) is 0 Å². The fourth-order valence-corrected chi connectivity index (χ4v) is 2.10. The van der Waals surface area contributed by atoms with Crippen LogP contribution >= 0.6 is 0 Å². The average Bonchev–Trinajstić information content (AvgIpc) is 2.61. The van der Waals surface area contributed by atoms with Gasteiger partial charge < -0.3 is 0 Å². The summed E-state index contributed by atoms with van der Waals surface area (Å²) in [6.07, 6.45) is -4.38. The second-order valence-electron chi connectivity index (χ2n) is 5.05. The van der Waals surface area contributed by atoms with Crippen LogP contribution in [0, 0.1) is 0 Å². The van der Waals surface area contributed by atoms with Crippen LogP contribution in [0.3, 0.4) is 0 Å². The molecule has 2 aromatic carbocycles. The monoisotopic (exact) mass is 336 g/mol. The summed E-state index contributed by atoms with van der Waals surface area (Å²) in [5.41, 5.74) is 6.60. The maximum absolute atomic E-state index is 12.6. The molecule has 0 atom stereocenters. The second kappa shape index (κ2) is 6.31. The number of alkyl halides is 4. The van der Waals surface area contributed by atoms with E-state index >= 15 is 0 Å². The number of benzene rings is 2. The summed E-state index contributed by atoms with van der Waals surface area (Å²) in [5, 5.41) is 7.97. The Labute approximate surface area is 134 Å². The molecule has 1 heterocycles. The molecule has 0 spiro atoms. The third kappa shape index (κ3) is 3.37. The zero-order valence-corrected chi connectivity index (χ0v) is 12.2. The number of amidine groups is 2. The van der Waals surface area contributed by atoms with Crippen molar-refractivity contribution in [1.29, 1.82) is 0 Å². The molecule has 2 N–H and O–H groups in total. The summed E-state index contributed by atoms with van der Waals surface area (Å²) in [6, 6.07) is 11.2. The largest absolute Gasteiger partial charge is 0.416 e. The molecule has 0 amide bonds. The van der Waals surface area contributed by atoms with Crippen LogP contribution in [0.15, 0.2) is 58.7 Å². The van der Waals surface area contributed by atoms with Gasteiger partial charge in [-0.15, -0.1) is 10.2 Å². The van der Waals surface area contributed by atoms with Crippen molar-refractivity contribution >= 4 is 11.7 Å². The summed E-state index contributed by atoms with van der Waals surface area (Å²) in [7, 11) is 0. The van der Waals surface area contributed by atoms with Gasteiger partial charge in [-0.3, -0.25) is 10.9 Å². The van der Waals surface area contributed by atoms with Crippen molar-refractivity contribution in [3.8, 4) is 0 Å². The standard InChI is InChI=1S/C16H12F4N4/c17-9-10-1-3-11(4-2-10)14-21-23-15(24-22-14)12-5-7-13(8-6-12)16(18,19)20/h1-8H,9H2,(H,21,22)(H,23,24). The molecule has 0 unspecified atom stereocenters. The fraction of sp³-hybridized carbons (Fsp3) is 0.125. The number of hydrogen-bond acceptors (Lipinski definition) is 4. The minimum absolute atomic E-state index is 0.299. The molecular formula is C16H12F4N4. The van der Waals surface area contributed by atoms with Gasteiger partial charge in [0, 0.05) is 11.1 Å². The predicted octanol–water partition coefficient (Wildman–Crippen LogP) is 3.39. The van der Waals surface area contributed by atoms with Gasteiger partial charge in [0.2, 0.25) is 0 Å². The van der Waals surface area contributed by atoms with E-state index in [1.54, 1.807) is 24.3 Å². The van der Waals surface area contributed by atoms with Crippen molar-refractivity contribution in [3.63, 3.8) is 0 Å². The lowest BCUT2D eigenvalue weighted by Crippen LogP contribution is -2.44. The third-order valence-electron chi connectivity index (χ3n) is 3.42. The quantitative estimate of drug-likeness (QED) is 0.844. The van der Waals surface area contributed by atoms with E-state index < -0.39 is 18.4 Å². The number of nitrogens with zero attached hydrogens (tertiary/aromatic N) is 2. The zero-order chi connectivity index (χ0) is 17.2. The molecule has 2 aromatic rings. The third-order valence-corrected chi connectivity index (χ3v) is 3.42. The van der Waals surface area contributed by atoms with Crippen LogP contribution < -0.4 is 10.9 Å². The van der Waals surface area contributed by atoms with Crippen molar-refractivity contribution in [1.82, 2.24) is 10.9 Å². The van der Waals surface area contributed by atoms with Gasteiger partial charge in [0.05, 0.1) is 5.56 Å². The Balaban J connectivity index is 1.79. The highest BCUT2D eigenvalue weighted by Crippen LogP contribution is 2.29. The van der Waals surface area contributed by atoms with Crippen molar-refractivity contribution in [2.75, 3.05) is 0 Å². The van der Waals surface area contributed by atoms with Crippen LogP contribution in [0.25, 0.3) is 0 Å². The Morgan fingerprint density at radius 3 is 1.58 bits per heavy atom. The Kier molecular flexibility index (Phi) is 4.20. The van der Waals surface area contributed by atoms with Crippen molar-refractivity contribution in [2.24, 2.45) is 10.2 Å². The number of hydrogen-bond donors (Lipinski definition) is 2. The van der Waals surface area contributed by atoms with Crippen molar-refractivity contribution in [2.45, 2.75) is 12.9 Å². The maximum atomic E-state index is 12.6. The van der Waals surface area contributed by atoms with E-state index in [9.17, 15) is 17.6 Å². The lowest BCUT2D eigenvalue weighted by atomic mass is 10.1. The van der Waals surface area contributed by atoms with Gasteiger partial charge in [0.15, 0.2) is 11.7 Å². The van der Waals surface area contributed by atoms with E-state index in [-0.39, 0.29) is 0 Å². The SMILES string of the molecule is FCc1ccc(C2=NN=C(c3ccc(C(F)(F)F)cc3)NN2)cc1. The Hall–Kier alpha value is -2.90. The summed E-state index contributed by atoms with van der Waals surface area (Å²) < 4.78 is 50.1.